The molecule has 0 saturated carbocycles. The second-order valence-electron chi connectivity index (χ2n) is 9.55. The third-order valence-corrected chi connectivity index (χ3v) is 12.2. The minimum Gasteiger partial charge on any atom is -0.497 e. The van der Waals surface area contributed by atoms with Gasteiger partial charge in [0.1, 0.15) is 10.6 Å². The first-order valence-corrected chi connectivity index (χ1v) is 15.3. The van der Waals surface area contributed by atoms with Crippen LogP contribution >= 0.6 is 0 Å². The minimum atomic E-state index is -4.23. The molecule has 0 bridgehead atoms. The Kier molecular flexibility index (Phi) is 5.37. The highest BCUT2D eigenvalue weighted by atomic mass is 32.3. The number of tetrazole rings is 1. The Hall–Kier alpha value is -4.07. The molecule has 1 unspecified atom stereocenters. The fraction of sp³-hybridized carbons (Fsp3) is 0.192. The average Bonchev–Trinajstić information content (AvgIpc) is 3.60. The molecule has 0 amide bonds. The van der Waals surface area contributed by atoms with Crippen molar-refractivity contribution in [1.29, 1.82) is 0 Å². The monoisotopic (exact) mass is 561 g/mol. The topological polar surface area (TPSA) is 155 Å². The highest BCUT2D eigenvalue weighted by Gasteiger charge is 2.44. The van der Waals surface area contributed by atoms with Crippen LogP contribution in [-0.4, -0.2) is 63.7 Å². The third-order valence-electron chi connectivity index (χ3n) is 7.25. The van der Waals surface area contributed by atoms with Crippen molar-refractivity contribution in [2.45, 2.75) is 21.5 Å². The van der Waals surface area contributed by atoms with Gasteiger partial charge in [-0.3, -0.25) is 0 Å². The summed E-state index contributed by atoms with van der Waals surface area (Å²) in [5.74, 6) is 0.963. The maximum atomic E-state index is 13.9. The number of rotatable bonds is 6. The molecule has 2 aliphatic heterocycles. The van der Waals surface area contributed by atoms with Crippen molar-refractivity contribution in [3.63, 3.8) is 0 Å². The quantitative estimate of drug-likeness (QED) is 0.286. The first-order valence-electron chi connectivity index (χ1n) is 12.3. The van der Waals surface area contributed by atoms with Crippen LogP contribution < -0.4 is 10.1 Å². The number of sulfonamides is 1. The number of hydrogen-bond acceptors (Lipinski definition) is 8. The number of aromatic nitrogens is 5. The molecule has 0 radical (unpaired) electrons. The number of nitrogens with zero attached hydrogens (tertiary/aromatic N) is 4. The van der Waals surface area contributed by atoms with Crippen LogP contribution in [0.1, 0.15) is 11.3 Å². The van der Waals surface area contributed by atoms with Crippen LogP contribution in [0.2, 0.25) is 0 Å². The largest absolute Gasteiger partial charge is 0.497 e. The molecule has 3 aromatic carbocycles. The van der Waals surface area contributed by atoms with E-state index in [1.807, 2.05) is 42.5 Å². The lowest BCUT2D eigenvalue weighted by Gasteiger charge is -2.28. The van der Waals surface area contributed by atoms with Gasteiger partial charge in [0.05, 0.1) is 32.5 Å². The number of benzene rings is 3. The van der Waals surface area contributed by atoms with Gasteiger partial charge in [-0.15, -0.1) is 8.87 Å². The molecule has 0 aliphatic carbocycles. The van der Waals surface area contributed by atoms with Gasteiger partial charge < -0.3 is 15.0 Å². The summed E-state index contributed by atoms with van der Waals surface area (Å²) in [6.45, 7) is 0.885. The maximum absolute atomic E-state index is 13.9. The second kappa shape index (κ2) is 8.73. The number of aromatic amines is 2. The lowest BCUT2D eigenvalue weighted by atomic mass is 9.96. The van der Waals surface area contributed by atoms with Crippen molar-refractivity contribution in [2.24, 2.45) is 3.77 Å². The normalized spacial score (nSPS) is 19.9. The van der Waals surface area contributed by atoms with Gasteiger partial charge in [-0.25, -0.2) is 9.31 Å². The molecule has 0 spiro atoms. The number of ether oxygens (including phenoxy) is 1. The summed E-state index contributed by atoms with van der Waals surface area (Å²) in [5, 5.41) is 17.7. The second-order valence-corrected chi connectivity index (χ2v) is 13.7. The van der Waals surface area contributed by atoms with Gasteiger partial charge in [0, 0.05) is 36.1 Å². The van der Waals surface area contributed by atoms with Gasteiger partial charge in [0.25, 0.3) is 10.0 Å². The van der Waals surface area contributed by atoms with Gasteiger partial charge in [-0.2, -0.15) is 8.42 Å². The predicted octanol–water partition coefficient (Wildman–Crippen LogP) is 3.12. The highest BCUT2D eigenvalue weighted by Crippen LogP contribution is 2.46. The lowest BCUT2D eigenvalue weighted by Crippen LogP contribution is -2.51. The molecular weight excluding hydrogens is 538 g/mol. The predicted molar refractivity (Wildman–Crippen MR) is 145 cm³/mol. The number of hydrogen-bond donors (Lipinski definition) is 3. The molecule has 3 N–H and O–H groups in total. The van der Waals surface area contributed by atoms with Gasteiger partial charge in [0.15, 0.2) is 5.82 Å². The SMILES string of the molecule is COc1ccc(Cc2cc3c(-c4ccc5c(c4-c4nnn[nH]4)S(=O)(=O)N=S5(=O)C4CNC4)cccc3[nH]2)cc1. The van der Waals surface area contributed by atoms with Crippen LogP contribution in [-0.2, 0) is 26.2 Å². The standard InChI is InChI=1S/C26H23N7O4S2/c1-37-17-7-5-15(6-8-17)11-16-12-21-19(3-2-4-22(21)28-16)20-9-10-23-25(24(20)26-29-31-32-30-26)39(35,36)33-38(23,34)18-13-27-14-18/h2-10,12,18,27-28H,11,13-14H2,1H3,(H,29,30,31,32). The fourth-order valence-electron chi connectivity index (χ4n) is 5.23. The Bertz CT molecular complexity index is 1970. The first kappa shape index (κ1) is 24.0. The van der Waals surface area contributed by atoms with Crippen LogP contribution in [0.15, 0.2) is 74.2 Å². The highest BCUT2D eigenvalue weighted by molar-refractivity contribution is 8.06. The molecule has 13 heteroatoms. The Balaban J connectivity index is 1.41. The van der Waals surface area contributed by atoms with Crippen molar-refractivity contribution in [3.8, 4) is 28.3 Å². The Labute approximate surface area is 224 Å². The number of H-pyrrole nitrogens is 2. The van der Waals surface area contributed by atoms with Gasteiger partial charge in [-0.05, 0) is 57.4 Å². The molecular formula is C26H23N7O4S2. The molecule has 4 heterocycles. The van der Waals surface area contributed by atoms with Gasteiger partial charge >= 0.3 is 0 Å². The van der Waals surface area contributed by atoms with Crippen LogP contribution in [0.4, 0.5) is 0 Å². The molecule has 198 valence electrons. The van der Waals surface area contributed by atoms with Crippen LogP contribution in [0, 0.1) is 0 Å². The van der Waals surface area contributed by atoms with Crippen molar-refractivity contribution < 1.29 is 17.4 Å². The van der Waals surface area contributed by atoms with E-state index >= 15 is 0 Å². The summed E-state index contributed by atoms with van der Waals surface area (Å²) in [6, 6.07) is 19.2. The molecule has 1 fully saturated rings. The van der Waals surface area contributed by atoms with E-state index in [9.17, 15) is 12.6 Å². The van der Waals surface area contributed by atoms with Crippen LogP contribution in [0.3, 0.4) is 0 Å². The van der Waals surface area contributed by atoms with E-state index < -0.39 is 19.8 Å². The summed E-state index contributed by atoms with van der Waals surface area (Å²) in [4.78, 5) is 3.60. The molecule has 7 rings (SSSR count). The van der Waals surface area contributed by atoms with Gasteiger partial charge in [0.2, 0.25) is 0 Å². The third kappa shape index (κ3) is 3.76. The Morgan fingerprint density at radius 3 is 2.51 bits per heavy atom. The smallest absolute Gasteiger partial charge is 0.292 e. The van der Waals surface area contributed by atoms with E-state index in [0.717, 1.165) is 33.5 Å². The van der Waals surface area contributed by atoms with Crippen molar-refractivity contribution >= 4 is 30.7 Å². The summed E-state index contributed by atoms with van der Waals surface area (Å²) in [6.07, 6.45) is 0.673. The summed E-state index contributed by atoms with van der Waals surface area (Å²) >= 11 is 0. The van der Waals surface area contributed by atoms with Crippen molar-refractivity contribution in [1.82, 2.24) is 30.9 Å². The van der Waals surface area contributed by atoms with Crippen LogP contribution in [0.5, 0.6) is 5.75 Å². The fourth-order valence-corrected chi connectivity index (χ4v) is 10.6. The Morgan fingerprint density at radius 2 is 1.82 bits per heavy atom. The zero-order valence-corrected chi connectivity index (χ0v) is 22.3. The summed E-state index contributed by atoms with van der Waals surface area (Å²) in [5.41, 5.74) is 4.66. The van der Waals surface area contributed by atoms with Crippen molar-refractivity contribution in [2.75, 3.05) is 20.2 Å². The van der Waals surface area contributed by atoms with E-state index in [4.69, 9.17) is 4.74 Å². The molecule has 5 aromatic rings. The summed E-state index contributed by atoms with van der Waals surface area (Å²) in [7, 11) is -5.77. The molecule has 1 atom stereocenters. The summed E-state index contributed by atoms with van der Waals surface area (Å²) < 4.78 is 50.1. The minimum absolute atomic E-state index is 0.0959. The molecule has 2 aromatic heterocycles. The molecule has 2 aliphatic rings. The maximum Gasteiger partial charge on any atom is 0.292 e. The molecule has 39 heavy (non-hydrogen) atoms. The Morgan fingerprint density at radius 1 is 1.00 bits per heavy atom. The van der Waals surface area contributed by atoms with Gasteiger partial charge in [-0.1, -0.05) is 30.3 Å². The zero-order valence-electron chi connectivity index (χ0n) is 20.7. The van der Waals surface area contributed by atoms with E-state index in [1.165, 1.54) is 0 Å². The average molecular weight is 562 g/mol. The van der Waals surface area contributed by atoms with E-state index in [0.29, 0.717) is 25.1 Å². The van der Waals surface area contributed by atoms with E-state index in [1.54, 1.807) is 19.2 Å². The molecule has 1 saturated heterocycles. The van der Waals surface area contributed by atoms with Crippen LogP contribution in [0.25, 0.3) is 33.4 Å². The first-order chi connectivity index (χ1) is 18.9. The van der Waals surface area contributed by atoms with E-state index in [-0.39, 0.29) is 26.4 Å². The van der Waals surface area contributed by atoms with E-state index in [2.05, 4.69) is 40.8 Å². The lowest BCUT2D eigenvalue weighted by molar-refractivity contribution is 0.414. The number of fused-ring (bicyclic) bond motifs is 2. The number of methoxy groups -OCH3 is 1. The zero-order chi connectivity index (χ0) is 26.8. The van der Waals surface area contributed by atoms with Crippen molar-refractivity contribution in [3.05, 3.63) is 71.9 Å². The molecule has 11 nitrogen and oxygen atoms in total. The number of nitrogens with one attached hydrogen (secondary N) is 3.